The summed E-state index contributed by atoms with van der Waals surface area (Å²) in [5.74, 6) is -0.205. The average molecular weight is 486 g/mol. The zero-order valence-electron chi connectivity index (χ0n) is 18.3. The van der Waals surface area contributed by atoms with Crippen LogP contribution in [0.25, 0.3) is 0 Å². The van der Waals surface area contributed by atoms with E-state index in [1.54, 1.807) is 18.2 Å². The lowest BCUT2D eigenvalue weighted by Crippen LogP contribution is -2.44. The molecule has 1 fully saturated rings. The topological polar surface area (TPSA) is 86.8 Å². The van der Waals surface area contributed by atoms with Crippen molar-refractivity contribution >= 4 is 39.3 Å². The van der Waals surface area contributed by atoms with E-state index in [-0.39, 0.29) is 35.0 Å². The van der Waals surface area contributed by atoms with Gasteiger partial charge < -0.3 is 10.2 Å². The van der Waals surface area contributed by atoms with E-state index in [0.717, 1.165) is 42.6 Å². The van der Waals surface area contributed by atoms with Crippen molar-refractivity contribution in [3.63, 3.8) is 0 Å². The van der Waals surface area contributed by atoms with Crippen molar-refractivity contribution < 1.29 is 18.0 Å². The highest BCUT2D eigenvalue weighted by molar-refractivity contribution is 8.00. The second kappa shape index (κ2) is 9.12. The van der Waals surface area contributed by atoms with Crippen LogP contribution in [0.5, 0.6) is 0 Å². The smallest absolute Gasteiger partial charge is 0.243 e. The molecular weight excluding hydrogens is 458 g/mol. The van der Waals surface area contributed by atoms with Crippen LogP contribution in [-0.2, 0) is 26.0 Å². The molecule has 33 heavy (non-hydrogen) atoms. The number of sulfonamides is 1. The molecule has 0 aromatic heterocycles. The second-order valence-electron chi connectivity index (χ2n) is 8.72. The fourth-order valence-electron chi connectivity index (χ4n) is 4.88. The highest BCUT2D eigenvalue weighted by Gasteiger charge is 2.32. The Labute approximate surface area is 198 Å². The summed E-state index contributed by atoms with van der Waals surface area (Å²) in [4.78, 5) is 28.2. The van der Waals surface area contributed by atoms with Crippen molar-refractivity contribution in [3.05, 3.63) is 53.6 Å². The first-order valence-electron chi connectivity index (χ1n) is 11.4. The van der Waals surface area contributed by atoms with Crippen LogP contribution in [-0.4, -0.2) is 49.9 Å². The van der Waals surface area contributed by atoms with Gasteiger partial charge in [0, 0.05) is 18.0 Å². The first-order chi connectivity index (χ1) is 15.9. The Morgan fingerprint density at radius 1 is 1.09 bits per heavy atom. The number of hydrogen-bond donors (Lipinski definition) is 1. The van der Waals surface area contributed by atoms with E-state index in [1.165, 1.54) is 26.5 Å². The van der Waals surface area contributed by atoms with Crippen LogP contribution in [0.2, 0.25) is 0 Å². The zero-order valence-corrected chi connectivity index (χ0v) is 20.0. The van der Waals surface area contributed by atoms with Crippen LogP contribution < -0.4 is 10.2 Å². The third-order valence-corrected chi connectivity index (χ3v) is 9.52. The number of anilines is 1. The van der Waals surface area contributed by atoms with Gasteiger partial charge in [-0.2, -0.15) is 4.31 Å². The summed E-state index contributed by atoms with van der Waals surface area (Å²) in [6.45, 7) is 0.905. The number of nitrogens with zero attached hydrogens (tertiary/aromatic N) is 2. The molecule has 1 atom stereocenters. The molecule has 7 nitrogen and oxygen atoms in total. The van der Waals surface area contributed by atoms with E-state index in [2.05, 4.69) is 11.4 Å². The minimum atomic E-state index is -3.61. The van der Waals surface area contributed by atoms with Gasteiger partial charge in [-0.3, -0.25) is 9.59 Å². The molecule has 1 saturated heterocycles. The zero-order chi connectivity index (χ0) is 23.0. The van der Waals surface area contributed by atoms with Crippen LogP contribution in [0.15, 0.2) is 52.3 Å². The molecular formula is C24H27N3O4S2. The van der Waals surface area contributed by atoms with E-state index in [4.69, 9.17) is 0 Å². The van der Waals surface area contributed by atoms with Crippen molar-refractivity contribution in [2.45, 2.75) is 47.9 Å². The number of benzene rings is 2. The van der Waals surface area contributed by atoms with Gasteiger partial charge >= 0.3 is 0 Å². The van der Waals surface area contributed by atoms with Gasteiger partial charge in [-0.25, -0.2) is 8.42 Å². The van der Waals surface area contributed by atoms with E-state index < -0.39 is 10.0 Å². The summed E-state index contributed by atoms with van der Waals surface area (Å²) in [5, 5.41) is 3.10. The number of aryl methyl sites for hydroxylation is 1. The number of hydrogen-bond acceptors (Lipinski definition) is 5. The normalized spacial score (nSPS) is 20.9. The quantitative estimate of drug-likeness (QED) is 0.703. The summed E-state index contributed by atoms with van der Waals surface area (Å²) in [6.07, 6.45) is 4.58. The number of carbonyl (C=O) groups is 2. The van der Waals surface area contributed by atoms with Crippen LogP contribution in [0.4, 0.5) is 5.69 Å². The molecule has 2 aliphatic heterocycles. The standard InChI is InChI=1S/C24H27N3O4S2/c28-23(25-20-9-5-7-17-6-1-2-8-19(17)20)15-27-21-14-18(10-11-22(21)32-16-24(27)29)33(30,31)26-12-3-4-13-26/h1-2,6,8,10-11,14,20H,3-5,7,9,12-13,15-16H2,(H,25,28)/t20-/m1/s1. The van der Waals surface area contributed by atoms with Gasteiger partial charge in [0.25, 0.3) is 0 Å². The molecule has 2 amide bonds. The van der Waals surface area contributed by atoms with Crippen molar-refractivity contribution in [1.82, 2.24) is 9.62 Å². The molecule has 2 heterocycles. The Bertz CT molecular complexity index is 1190. The maximum absolute atomic E-state index is 13.0. The van der Waals surface area contributed by atoms with Crippen molar-refractivity contribution in [2.75, 3.05) is 30.3 Å². The Kier molecular flexibility index (Phi) is 6.20. The molecule has 2 aromatic rings. The maximum atomic E-state index is 13.0. The highest BCUT2D eigenvalue weighted by atomic mass is 32.2. The Morgan fingerprint density at radius 2 is 1.88 bits per heavy atom. The second-order valence-corrected chi connectivity index (χ2v) is 11.7. The average Bonchev–Trinajstić information content (AvgIpc) is 3.37. The number of thioether (sulfide) groups is 1. The molecule has 9 heteroatoms. The van der Waals surface area contributed by atoms with E-state index in [1.807, 2.05) is 18.2 Å². The summed E-state index contributed by atoms with van der Waals surface area (Å²) in [5.41, 5.74) is 2.88. The van der Waals surface area contributed by atoms with E-state index >= 15 is 0 Å². The van der Waals surface area contributed by atoms with Gasteiger partial charge in [0.1, 0.15) is 6.54 Å². The van der Waals surface area contributed by atoms with Crippen molar-refractivity contribution in [2.24, 2.45) is 0 Å². The molecule has 0 bridgehead atoms. The van der Waals surface area contributed by atoms with Crippen LogP contribution in [0.1, 0.15) is 42.9 Å². The highest BCUT2D eigenvalue weighted by Crippen LogP contribution is 2.38. The molecule has 0 spiro atoms. The van der Waals surface area contributed by atoms with Gasteiger partial charge in [0.15, 0.2) is 0 Å². The predicted molar refractivity (Wildman–Crippen MR) is 128 cm³/mol. The number of carbonyl (C=O) groups excluding carboxylic acids is 2. The summed E-state index contributed by atoms with van der Waals surface area (Å²) in [6, 6.07) is 13.0. The third kappa shape index (κ3) is 4.41. The van der Waals surface area contributed by atoms with Gasteiger partial charge in [0.05, 0.1) is 22.4 Å². The first kappa shape index (κ1) is 22.4. The van der Waals surface area contributed by atoms with Gasteiger partial charge in [-0.15, -0.1) is 11.8 Å². The van der Waals surface area contributed by atoms with E-state index in [0.29, 0.717) is 18.8 Å². The lowest BCUT2D eigenvalue weighted by molar-refractivity contribution is -0.123. The molecule has 0 saturated carbocycles. The lowest BCUT2D eigenvalue weighted by atomic mass is 9.88. The third-order valence-electron chi connectivity index (χ3n) is 6.58. The largest absolute Gasteiger partial charge is 0.348 e. The molecule has 0 radical (unpaired) electrons. The Morgan fingerprint density at radius 3 is 2.70 bits per heavy atom. The van der Waals surface area contributed by atoms with Gasteiger partial charge in [0.2, 0.25) is 21.8 Å². The molecule has 2 aromatic carbocycles. The molecule has 0 unspecified atom stereocenters. The van der Waals surface area contributed by atoms with Crippen LogP contribution in [0, 0.1) is 0 Å². The SMILES string of the molecule is O=C(CN1C(=O)CSc2ccc(S(=O)(=O)N3CCCC3)cc21)N[C@@H]1CCCc2ccccc21. The molecule has 5 rings (SSSR count). The first-order valence-corrected chi connectivity index (χ1v) is 13.8. The maximum Gasteiger partial charge on any atom is 0.243 e. The number of nitrogens with one attached hydrogen (secondary N) is 1. The number of fused-ring (bicyclic) bond motifs is 2. The summed E-state index contributed by atoms with van der Waals surface area (Å²) in [7, 11) is -3.61. The van der Waals surface area contributed by atoms with Gasteiger partial charge in [-0.05, 0) is 61.4 Å². The Hall–Kier alpha value is -2.36. The minimum Gasteiger partial charge on any atom is -0.348 e. The van der Waals surface area contributed by atoms with Crippen LogP contribution in [0.3, 0.4) is 0 Å². The summed E-state index contributed by atoms with van der Waals surface area (Å²) >= 11 is 1.37. The van der Waals surface area contributed by atoms with Gasteiger partial charge in [-0.1, -0.05) is 24.3 Å². The fraction of sp³-hybridized carbons (Fsp3) is 0.417. The van der Waals surface area contributed by atoms with Crippen molar-refractivity contribution in [3.8, 4) is 0 Å². The monoisotopic (exact) mass is 485 g/mol. The molecule has 1 N–H and O–H groups in total. The van der Waals surface area contributed by atoms with Crippen molar-refractivity contribution in [1.29, 1.82) is 0 Å². The van der Waals surface area contributed by atoms with E-state index in [9.17, 15) is 18.0 Å². The predicted octanol–water partition coefficient (Wildman–Crippen LogP) is 3.10. The molecule has 174 valence electrons. The molecule has 3 aliphatic rings. The lowest BCUT2D eigenvalue weighted by Gasteiger charge is -2.31. The van der Waals surface area contributed by atoms with Crippen LogP contribution >= 0.6 is 11.8 Å². The number of amides is 2. The minimum absolute atomic E-state index is 0.0712. The fourth-order valence-corrected chi connectivity index (χ4v) is 7.33. The molecule has 1 aliphatic carbocycles. The Balaban J connectivity index is 1.37. The summed E-state index contributed by atoms with van der Waals surface area (Å²) < 4.78 is 27.6. The number of rotatable bonds is 5.